The molecule has 1 saturated heterocycles. The van der Waals surface area contributed by atoms with Gasteiger partial charge < -0.3 is 20.2 Å². The molecular formula is C20H23N5O3S2. The molecule has 0 radical (unpaired) electrons. The van der Waals surface area contributed by atoms with Crippen LogP contribution in [0, 0.1) is 0 Å². The fourth-order valence-electron chi connectivity index (χ4n) is 3.39. The number of nitrogen functional groups attached to an aromatic ring is 1. The smallest absolute Gasteiger partial charge is 0.233 e. The Labute approximate surface area is 183 Å². The number of hydrogen-bond donors (Lipinski definition) is 1. The van der Waals surface area contributed by atoms with Crippen molar-refractivity contribution < 1.29 is 14.3 Å². The standard InChI is InChI=1S/C20H23N5O3S2/c1-27-14-5-2-6-15(11-14)28-12-18-22-23-20(25(18)21)30-13-19(26)24-9-3-7-16(24)17-8-4-10-29-17/h2,4-6,8,10-11,16H,3,7,9,12-13,21H2,1H3. The summed E-state index contributed by atoms with van der Waals surface area (Å²) in [7, 11) is 1.60. The van der Waals surface area contributed by atoms with Gasteiger partial charge in [-0.25, -0.2) is 4.68 Å². The highest BCUT2D eigenvalue weighted by Crippen LogP contribution is 2.35. The number of methoxy groups -OCH3 is 1. The molecule has 2 aromatic heterocycles. The number of carbonyl (C=O) groups excluding carboxylic acids is 1. The number of carbonyl (C=O) groups is 1. The van der Waals surface area contributed by atoms with E-state index in [1.165, 1.54) is 21.3 Å². The van der Waals surface area contributed by atoms with Gasteiger partial charge in [0.1, 0.15) is 18.1 Å². The van der Waals surface area contributed by atoms with Crippen LogP contribution in [-0.4, -0.2) is 45.1 Å². The molecule has 8 nitrogen and oxygen atoms in total. The van der Waals surface area contributed by atoms with Crippen molar-refractivity contribution in [3.63, 3.8) is 0 Å². The van der Waals surface area contributed by atoms with Gasteiger partial charge in [-0.15, -0.1) is 21.5 Å². The third-order valence-corrected chi connectivity index (χ3v) is 6.82. The van der Waals surface area contributed by atoms with Gasteiger partial charge in [-0.1, -0.05) is 23.9 Å². The van der Waals surface area contributed by atoms with Crippen molar-refractivity contribution in [3.8, 4) is 11.5 Å². The lowest BCUT2D eigenvalue weighted by molar-refractivity contribution is -0.129. The topological polar surface area (TPSA) is 95.5 Å². The molecule has 10 heteroatoms. The number of ether oxygens (including phenoxy) is 2. The second-order valence-corrected chi connectivity index (χ2v) is 8.71. The summed E-state index contributed by atoms with van der Waals surface area (Å²) < 4.78 is 12.3. The summed E-state index contributed by atoms with van der Waals surface area (Å²) in [5.74, 6) is 8.31. The number of nitrogens with two attached hydrogens (primary N) is 1. The highest BCUT2D eigenvalue weighted by Gasteiger charge is 2.30. The van der Waals surface area contributed by atoms with Crippen molar-refractivity contribution in [1.82, 2.24) is 19.8 Å². The van der Waals surface area contributed by atoms with Gasteiger partial charge in [-0.2, -0.15) is 0 Å². The first-order valence-electron chi connectivity index (χ1n) is 9.57. The number of likely N-dealkylation sites (tertiary alicyclic amines) is 1. The van der Waals surface area contributed by atoms with Crippen molar-refractivity contribution in [3.05, 3.63) is 52.5 Å². The van der Waals surface area contributed by atoms with E-state index in [1.54, 1.807) is 24.5 Å². The van der Waals surface area contributed by atoms with Crippen LogP contribution in [0.3, 0.4) is 0 Å². The molecule has 0 spiro atoms. The Kier molecular flexibility index (Phi) is 6.44. The van der Waals surface area contributed by atoms with Gasteiger partial charge in [-0.05, 0) is 36.4 Å². The summed E-state index contributed by atoms with van der Waals surface area (Å²) >= 11 is 2.99. The Morgan fingerprint density at radius 3 is 2.97 bits per heavy atom. The van der Waals surface area contributed by atoms with Gasteiger partial charge in [0, 0.05) is 17.5 Å². The minimum atomic E-state index is 0.0908. The molecule has 1 fully saturated rings. The van der Waals surface area contributed by atoms with E-state index in [0.717, 1.165) is 19.4 Å². The van der Waals surface area contributed by atoms with Crippen molar-refractivity contribution in [2.45, 2.75) is 30.6 Å². The molecule has 4 rings (SSSR count). The molecule has 1 aliphatic heterocycles. The first kappa shape index (κ1) is 20.5. The number of amides is 1. The molecule has 0 aliphatic carbocycles. The Hall–Kier alpha value is -2.72. The maximum absolute atomic E-state index is 12.8. The van der Waals surface area contributed by atoms with Gasteiger partial charge in [0.2, 0.25) is 11.1 Å². The SMILES string of the molecule is COc1cccc(OCc2nnc(SCC(=O)N3CCCC3c3cccs3)n2N)c1. The highest BCUT2D eigenvalue weighted by molar-refractivity contribution is 7.99. The molecule has 30 heavy (non-hydrogen) atoms. The van der Waals surface area contributed by atoms with Gasteiger partial charge in [-0.3, -0.25) is 4.79 Å². The van der Waals surface area contributed by atoms with Crippen LogP contribution < -0.4 is 15.3 Å². The van der Waals surface area contributed by atoms with Gasteiger partial charge in [0.25, 0.3) is 0 Å². The first-order valence-corrected chi connectivity index (χ1v) is 11.4. The third-order valence-electron chi connectivity index (χ3n) is 4.91. The maximum atomic E-state index is 12.8. The van der Waals surface area contributed by atoms with Crippen LogP contribution in [0.2, 0.25) is 0 Å². The Bertz CT molecular complexity index is 992. The van der Waals surface area contributed by atoms with Crippen LogP contribution in [0.25, 0.3) is 0 Å². The van der Waals surface area contributed by atoms with E-state index in [-0.39, 0.29) is 24.3 Å². The molecule has 2 N–H and O–H groups in total. The Morgan fingerprint density at radius 1 is 1.30 bits per heavy atom. The number of thioether (sulfide) groups is 1. The van der Waals surface area contributed by atoms with Crippen LogP contribution >= 0.6 is 23.1 Å². The third kappa shape index (κ3) is 4.54. The number of rotatable bonds is 8. The average Bonchev–Trinajstić information content (AvgIpc) is 3.52. The molecule has 1 atom stereocenters. The van der Waals surface area contributed by atoms with Gasteiger partial charge >= 0.3 is 0 Å². The molecule has 0 bridgehead atoms. The van der Waals surface area contributed by atoms with Crippen LogP contribution in [0.15, 0.2) is 46.9 Å². The van der Waals surface area contributed by atoms with Crippen LogP contribution in [-0.2, 0) is 11.4 Å². The molecule has 3 heterocycles. The lowest BCUT2D eigenvalue weighted by atomic mass is 10.2. The van der Waals surface area contributed by atoms with E-state index < -0.39 is 0 Å². The summed E-state index contributed by atoms with van der Waals surface area (Å²) in [5, 5.41) is 10.7. The minimum absolute atomic E-state index is 0.0908. The number of benzene rings is 1. The van der Waals surface area contributed by atoms with Crippen molar-refractivity contribution in [2.24, 2.45) is 0 Å². The lowest BCUT2D eigenvalue weighted by Gasteiger charge is -2.23. The fraction of sp³-hybridized carbons (Fsp3) is 0.350. The fourth-order valence-corrected chi connectivity index (χ4v) is 5.03. The molecule has 1 amide bonds. The maximum Gasteiger partial charge on any atom is 0.233 e. The summed E-state index contributed by atoms with van der Waals surface area (Å²) in [4.78, 5) is 16.0. The summed E-state index contributed by atoms with van der Waals surface area (Å²) in [5.41, 5.74) is 0. The van der Waals surface area contributed by atoms with E-state index in [9.17, 15) is 4.79 Å². The van der Waals surface area contributed by atoms with E-state index >= 15 is 0 Å². The quantitative estimate of drug-likeness (QED) is 0.420. The predicted octanol–water partition coefficient (Wildman–Crippen LogP) is 3.10. The van der Waals surface area contributed by atoms with Crippen LogP contribution in [0.4, 0.5) is 0 Å². The van der Waals surface area contributed by atoms with Crippen molar-refractivity contribution in [1.29, 1.82) is 0 Å². The number of hydrogen-bond acceptors (Lipinski definition) is 8. The molecule has 1 aromatic carbocycles. The first-order chi connectivity index (χ1) is 14.7. The minimum Gasteiger partial charge on any atom is -0.497 e. The van der Waals surface area contributed by atoms with E-state index in [2.05, 4.69) is 21.6 Å². The van der Waals surface area contributed by atoms with Crippen LogP contribution in [0.5, 0.6) is 11.5 Å². The summed E-state index contributed by atoms with van der Waals surface area (Å²) in [6, 6.07) is 11.6. The number of aromatic nitrogens is 3. The van der Waals surface area contributed by atoms with E-state index in [4.69, 9.17) is 15.3 Å². The van der Waals surface area contributed by atoms with Crippen LogP contribution in [0.1, 0.15) is 29.6 Å². The largest absolute Gasteiger partial charge is 0.497 e. The monoisotopic (exact) mass is 445 g/mol. The van der Waals surface area contributed by atoms with Crippen molar-refractivity contribution in [2.75, 3.05) is 25.3 Å². The highest BCUT2D eigenvalue weighted by atomic mass is 32.2. The Balaban J connectivity index is 1.33. The normalized spacial score (nSPS) is 16.0. The molecule has 1 unspecified atom stereocenters. The van der Waals surface area contributed by atoms with E-state index in [1.807, 2.05) is 29.2 Å². The summed E-state index contributed by atoms with van der Waals surface area (Å²) in [6.07, 6.45) is 2.04. The van der Waals surface area contributed by atoms with Gasteiger partial charge in [0.15, 0.2) is 5.82 Å². The lowest BCUT2D eigenvalue weighted by Crippen LogP contribution is -2.31. The van der Waals surface area contributed by atoms with E-state index in [0.29, 0.717) is 22.5 Å². The number of nitrogens with zero attached hydrogens (tertiary/aromatic N) is 4. The summed E-state index contributed by atoms with van der Waals surface area (Å²) in [6.45, 7) is 0.953. The molecule has 158 valence electrons. The van der Waals surface area contributed by atoms with Gasteiger partial charge in [0.05, 0.1) is 18.9 Å². The molecular weight excluding hydrogens is 422 g/mol. The molecule has 1 aliphatic rings. The molecule has 3 aromatic rings. The zero-order valence-corrected chi connectivity index (χ0v) is 18.2. The predicted molar refractivity (Wildman–Crippen MR) is 116 cm³/mol. The zero-order valence-electron chi connectivity index (χ0n) is 16.6. The second-order valence-electron chi connectivity index (χ2n) is 6.79. The molecule has 0 saturated carbocycles. The van der Waals surface area contributed by atoms with Crippen molar-refractivity contribution >= 4 is 29.0 Å². The average molecular weight is 446 g/mol. The zero-order chi connectivity index (χ0) is 20.9. The second kappa shape index (κ2) is 9.40. The number of thiophene rings is 1. The Morgan fingerprint density at radius 2 is 2.17 bits per heavy atom.